The first-order valence-electron chi connectivity index (χ1n) is 7.01. The van der Waals surface area contributed by atoms with E-state index in [2.05, 4.69) is 15.3 Å². The third-order valence-corrected chi connectivity index (χ3v) is 3.86. The molecule has 0 aliphatic heterocycles. The average molecular weight is 328 g/mol. The number of fused-ring (bicyclic) bond motifs is 1. The van der Waals surface area contributed by atoms with Crippen LogP contribution in [0.2, 0.25) is 5.02 Å². The Bertz CT molecular complexity index is 868. The van der Waals surface area contributed by atoms with Crippen LogP contribution in [0.1, 0.15) is 24.1 Å². The van der Waals surface area contributed by atoms with E-state index in [4.69, 9.17) is 11.6 Å². The lowest BCUT2D eigenvalue weighted by Gasteiger charge is -2.21. The topological polar surface area (TPSA) is 75.1 Å². The number of carbonyl (C=O) groups is 1. The number of phenolic OH excluding ortho intramolecular Hbond substituents is 1. The molecule has 116 valence electrons. The van der Waals surface area contributed by atoms with E-state index in [-0.39, 0.29) is 11.7 Å². The molecular weight excluding hydrogens is 314 g/mol. The second-order valence-corrected chi connectivity index (χ2v) is 5.52. The molecule has 5 nitrogen and oxygen atoms in total. The first kappa shape index (κ1) is 15.2. The van der Waals surface area contributed by atoms with E-state index in [1.807, 2.05) is 0 Å². The molecule has 2 aromatic heterocycles. The molecule has 0 aliphatic carbocycles. The molecule has 2 heterocycles. The van der Waals surface area contributed by atoms with Crippen molar-refractivity contribution >= 4 is 28.4 Å². The van der Waals surface area contributed by atoms with Crippen LogP contribution in [-0.4, -0.2) is 21.0 Å². The van der Waals surface area contributed by atoms with Crippen LogP contribution < -0.4 is 5.32 Å². The van der Waals surface area contributed by atoms with Crippen molar-refractivity contribution in [3.63, 3.8) is 0 Å². The Hall–Kier alpha value is -2.66. The fourth-order valence-electron chi connectivity index (χ4n) is 2.53. The van der Waals surface area contributed by atoms with Crippen LogP contribution in [0, 0.1) is 0 Å². The number of rotatable bonds is 3. The van der Waals surface area contributed by atoms with Crippen molar-refractivity contribution in [2.24, 2.45) is 0 Å². The molecule has 0 aliphatic rings. The molecule has 0 radical (unpaired) electrons. The van der Waals surface area contributed by atoms with Gasteiger partial charge in [-0.25, -0.2) is 0 Å². The van der Waals surface area contributed by atoms with Gasteiger partial charge in [0.1, 0.15) is 11.3 Å². The predicted molar refractivity (Wildman–Crippen MR) is 88.3 cm³/mol. The van der Waals surface area contributed by atoms with Gasteiger partial charge in [-0.3, -0.25) is 14.8 Å². The zero-order valence-electron chi connectivity index (χ0n) is 12.3. The molecule has 1 amide bonds. The first-order valence-corrected chi connectivity index (χ1v) is 7.39. The number of nitrogens with one attached hydrogen (secondary N) is 1. The minimum Gasteiger partial charge on any atom is -0.505 e. The molecule has 3 rings (SSSR count). The maximum atomic E-state index is 11.6. The van der Waals surface area contributed by atoms with E-state index in [0.29, 0.717) is 21.5 Å². The van der Waals surface area contributed by atoms with Crippen LogP contribution >= 0.6 is 11.6 Å². The van der Waals surface area contributed by atoms with Crippen LogP contribution in [-0.2, 0) is 4.79 Å². The second kappa shape index (κ2) is 6.22. The summed E-state index contributed by atoms with van der Waals surface area (Å²) in [6, 6.07) is 8.20. The summed E-state index contributed by atoms with van der Waals surface area (Å²) in [4.78, 5) is 19.8. The van der Waals surface area contributed by atoms with E-state index in [1.54, 1.807) is 48.9 Å². The lowest BCUT2D eigenvalue weighted by Crippen LogP contribution is -2.27. The molecule has 1 atom stereocenters. The monoisotopic (exact) mass is 327 g/mol. The number of aromatic nitrogens is 2. The highest BCUT2D eigenvalue weighted by atomic mass is 35.5. The van der Waals surface area contributed by atoms with Crippen molar-refractivity contribution in [1.29, 1.82) is 0 Å². The zero-order valence-corrected chi connectivity index (χ0v) is 13.1. The van der Waals surface area contributed by atoms with Gasteiger partial charge in [-0.2, -0.15) is 0 Å². The molecule has 1 unspecified atom stereocenters. The van der Waals surface area contributed by atoms with Gasteiger partial charge in [0.2, 0.25) is 5.91 Å². The van der Waals surface area contributed by atoms with Gasteiger partial charge >= 0.3 is 0 Å². The van der Waals surface area contributed by atoms with Gasteiger partial charge in [-0.15, -0.1) is 0 Å². The van der Waals surface area contributed by atoms with Crippen molar-refractivity contribution in [3.05, 3.63) is 65.1 Å². The maximum Gasteiger partial charge on any atom is 0.217 e. The Morgan fingerprint density at radius 1 is 1.26 bits per heavy atom. The Morgan fingerprint density at radius 3 is 2.70 bits per heavy atom. The van der Waals surface area contributed by atoms with Gasteiger partial charge in [-0.05, 0) is 35.9 Å². The molecule has 0 fully saturated rings. The fraction of sp³-hybridized carbons (Fsp3) is 0.118. The van der Waals surface area contributed by atoms with Crippen LogP contribution in [0.4, 0.5) is 0 Å². The van der Waals surface area contributed by atoms with E-state index in [0.717, 1.165) is 5.56 Å². The number of amides is 1. The highest BCUT2D eigenvalue weighted by molar-refractivity contribution is 6.35. The van der Waals surface area contributed by atoms with Gasteiger partial charge in [0.05, 0.1) is 11.1 Å². The molecule has 0 spiro atoms. The molecule has 0 bridgehead atoms. The summed E-state index contributed by atoms with van der Waals surface area (Å²) in [5.41, 5.74) is 1.68. The number of hydrogen-bond donors (Lipinski definition) is 2. The van der Waals surface area contributed by atoms with Gasteiger partial charge in [0.25, 0.3) is 0 Å². The molecule has 0 saturated heterocycles. The van der Waals surface area contributed by atoms with E-state index in [1.165, 1.54) is 6.92 Å². The lowest BCUT2D eigenvalue weighted by atomic mass is 9.97. The van der Waals surface area contributed by atoms with Crippen molar-refractivity contribution in [2.75, 3.05) is 0 Å². The van der Waals surface area contributed by atoms with Crippen LogP contribution in [0.5, 0.6) is 5.75 Å². The standard InChI is InChI=1S/C17H14ClN3O2/c1-10(22)21-15(11-4-7-19-8-5-11)13-9-14(18)12-3-2-6-20-16(12)17(13)23/h2-9,15,23H,1H3,(H,21,22). The summed E-state index contributed by atoms with van der Waals surface area (Å²) in [7, 11) is 0. The van der Waals surface area contributed by atoms with Crippen LogP contribution in [0.25, 0.3) is 10.9 Å². The number of carbonyl (C=O) groups excluding carboxylic acids is 1. The Labute approximate surface area is 138 Å². The summed E-state index contributed by atoms with van der Waals surface area (Å²) >= 11 is 6.33. The third-order valence-electron chi connectivity index (χ3n) is 3.54. The quantitative estimate of drug-likeness (QED) is 0.774. The number of pyridine rings is 2. The SMILES string of the molecule is CC(=O)NC(c1ccncc1)c1cc(Cl)c2cccnc2c1O. The van der Waals surface area contributed by atoms with Crippen molar-refractivity contribution in [2.45, 2.75) is 13.0 Å². The van der Waals surface area contributed by atoms with E-state index in [9.17, 15) is 9.90 Å². The van der Waals surface area contributed by atoms with E-state index < -0.39 is 6.04 Å². The van der Waals surface area contributed by atoms with Gasteiger partial charge in [0, 0.05) is 36.5 Å². The van der Waals surface area contributed by atoms with Gasteiger partial charge in [0.15, 0.2) is 0 Å². The summed E-state index contributed by atoms with van der Waals surface area (Å²) in [5, 5.41) is 14.6. The Kier molecular flexibility index (Phi) is 4.12. The lowest BCUT2D eigenvalue weighted by molar-refractivity contribution is -0.119. The molecule has 2 N–H and O–H groups in total. The predicted octanol–water partition coefficient (Wildman–Crippen LogP) is 3.21. The van der Waals surface area contributed by atoms with Gasteiger partial charge in [-0.1, -0.05) is 11.6 Å². The minimum absolute atomic E-state index is 0.000521. The number of nitrogens with zero attached hydrogens (tertiary/aromatic N) is 2. The number of aromatic hydroxyl groups is 1. The average Bonchev–Trinajstić information content (AvgIpc) is 2.57. The largest absolute Gasteiger partial charge is 0.505 e. The number of benzene rings is 1. The van der Waals surface area contributed by atoms with E-state index >= 15 is 0 Å². The summed E-state index contributed by atoms with van der Waals surface area (Å²) in [6.07, 6.45) is 4.84. The van der Waals surface area contributed by atoms with Gasteiger partial charge < -0.3 is 10.4 Å². The molecule has 1 aromatic carbocycles. The fourth-order valence-corrected chi connectivity index (χ4v) is 2.80. The smallest absolute Gasteiger partial charge is 0.217 e. The normalized spacial score (nSPS) is 12.1. The number of hydrogen-bond acceptors (Lipinski definition) is 4. The highest BCUT2D eigenvalue weighted by Crippen LogP contribution is 2.38. The third kappa shape index (κ3) is 2.96. The number of phenols is 1. The second-order valence-electron chi connectivity index (χ2n) is 5.11. The van der Waals surface area contributed by atoms with Crippen molar-refractivity contribution in [1.82, 2.24) is 15.3 Å². The Morgan fingerprint density at radius 2 is 2.00 bits per heavy atom. The molecule has 3 aromatic rings. The summed E-state index contributed by atoms with van der Waals surface area (Å²) < 4.78 is 0. The molecule has 0 saturated carbocycles. The van der Waals surface area contributed by atoms with Crippen molar-refractivity contribution in [3.8, 4) is 5.75 Å². The maximum absolute atomic E-state index is 11.6. The summed E-state index contributed by atoms with van der Waals surface area (Å²) in [5.74, 6) is -0.219. The number of halogens is 1. The molecular formula is C17H14ClN3O2. The minimum atomic E-state index is -0.542. The first-order chi connectivity index (χ1) is 11.1. The summed E-state index contributed by atoms with van der Waals surface area (Å²) in [6.45, 7) is 1.42. The highest BCUT2D eigenvalue weighted by Gasteiger charge is 2.22. The van der Waals surface area contributed by atoms with Crippen LogP contribution in [0.3, 0.4) is 0 Å². The van der Waals surface area contributed by atoms with Crippen molar-refractivity contribution < 1.29 is 9.90 Å². The zero-order chi connectivity index (χ0) is 16.4. The van der Waals surface area contributed by atoms with Crippen LogP contribution in [0.15, 0.2) is 48.9 Å². The Balaban J connectivity index is 2.22. The molecule has 23 heavy (non-hydrogen) atoms. The molecule has 6 heteroatoms.